The van der Waals surface area contributed by atoms with Crippen molar-refractivity contribution in [1.82, 2.24) is 5.32 Å². The molecule has 1 aliphatic heterocycles. The molecule has 1 aliphatic carbocycles. The number of carbonyl (C=O) groups excluding carboxylic acids is 2. The van der Waals surface area contributed by atoms with Gasteiger partial charge < -0.3 is 10.1 Å². The van der Waals surface area contributed by atoms with Gasteiger partial charge in [-0.3, -0.25) is 9.59 Å². The molecule has 2 aliphatic rings. The molecule has 1 atom stereocenters. The first-order chi connectivity index (χ1) is 11.6. The Balaban J connectivity index is 1.65. The lowest BCUT2D eigenvalue weighted by molar-refractivity contribution is -0.121. The number of imide groups is 1. The van der Waals surface area contributed by atoms with Gasteiger partial charge in [-0.15, -0.1) is 0 Å². The quantitative estimate of drug-likeness (QED) is 0.844. The predicted octanol–water partition coefficient (Wildman–Crippen LogP) is 2.89. The first-order valence-electron chi connectivity index (χ1n) is 8.94. The van der Waals surface area contributed by atoms with Crippen molar-refractivity contribution in [2.24, 2.45) is 5.92 Å². The molecule has 130 valence electrons. The fourth-order valence-electron chi connectivity index (χ4n) is 3.60. The van der Waals surface area contributed by atoms with Crippen molar-refractivity contribution in [2.75, 3.05) is 11.5 Å². The summed E-state index contributed by atoms with van der Waals surface area (Å²) < 4.78 is 5.41. The van der Waals surface area contributed by atoms with Crippen LogP contribution in [0.2, 0.25) is 0 Å². The Hall–Kier alpha value is -1.88. The Kier molecular flexibility index (Phi) is 5.19. The molecule has 0 aromatic heterocycles. The number of nitrogens with one attached hydrogen (secondary N) is 1. The standard InChI is InChI=1S/C19H26N2O3/c1-3-24-16-10-8-15(9-11-16)21-18(22)12-17(19(21)23)20-14-6-4-13(2)5-7-14/h8-11,13-14,17,20H,3-7,12H2,1-2H3. The van der Waals surface area contributed by atoms with E-state index in [9.17, 15) is 9.59 Å². The van der Waals surface area contributed by atoms with Gasteiger partial charge in [0.25, 0.3) is 5.91 Å². The summed E-state index contributed by atoms with van der Waals surface area (Å²) in [6, 6.07) is 7.09. The van der Waals surface area contributed by atoms with Gasteiger partial charge in [0.1, 0.15) is 5.75 Å². The van der Waals surface area contributed by atoms with Crippen molar-refractivity contribution in [3.8, 4) is 5.75 Å². The van der Waals surface area contributed by atoms with Gasteiger partial charge in [-0.05, 0) is 62.8 Å². The third-order valence-electron chi connectivity index (χ3n) is 5.01. The normalized spacial score (nSPS) is 27.6. The molecule has 2 amide bonds. The van der Waals surface area contributed by atoms with E-state index in [4.69, 9.17) is 4.74 Å². The first kappa shape index (κ1) is 17.0. The van der Waals surface area contributed by atoms with Gasteiger partial charge >= 0.3 is 0 Å². The molecule has 1 saturated carbocycles. The van der Waals surface area contributed by atoms with E-state index in [0.29, 0.717) is 18.3 Å². The smallest absolute Gasteiger partial charge is 0.251 e. The molecule has 0 bridgehead atoms. The zero-order valence-corrected chi connectivity index (χ0v) is 14.5. The minimum atomic E-state index is -0.387. The van der Waals surface area contributed by atoms with E-state index in [2.05, 4.69) is 12.2 Å². The summed E-state index contributed by atoms with van der Waals surface area (Å²) in [4.78, 5) is 26.3. The maximum absolute atomic E-state index is 12.7. The highest BCUT2D eigenvalue weighted by Gasteiger charge is 2.40. The SMILES string of the molecule is CCOc1ccc(N2C(=O)CC(NC3CCC(C)CC3)C2=O)cc1. The summed E-state index contributed by atoms with van der Waals surface area (Å²) in [5.41, 5.74) is 0.620. The van der Waals surface area contributed by atoms with E-state index in [1.54, 1.807) is 24.3 Å². The van der Waals surface area contributed by atoms with Crippen molar-refractivity contribution >= 4 is 17.5 Å². The van der Waals surface area contributed by atoms with E-state index in [0.717, 1.165) is 24.5 Å². The Bertz CT molecular complexity index is 591. The summed E-state index contributed by atoms with van der Waals surface area (Å²) in [6.45, 7) is 4.78. The summed E-state index contributed by atoms with van der Waals surface area (Å²) >= 11 is 0. The van der Waals surface area contributed by atoms with Crippen LogP contribution in [0.15, 0.2) is 24.3 Å². The van der Waals surface area contributed by atoms with E-state index in [1.165, 1.54) is 17.7 Å². The largest absolute Gasteiger partial charge is 0.494 e. The molecule has 0 spiro atoms. The minimum Gasteiger partial charge on any atom is -0.494 e. The van der Waals surface area contributed by atoms with Crippen LogP contribution in [0.5, 0.6) is 5.75 Å². The molecule has 0 radical (unpaired) electrons. The maximum atomic E-state index is 12.7. The summed E-state index contributed by atoms with van der Waals surface area (Å²) in [7, 11) is 0. The Morgan fingerprint density at radius 2 is 1.79 bits per heavy atom. The van der Waals surface area contributed by atoms with Crippen molar-refractivity contribution in [2.45, 2.75) is 58.0 Å². The number of hydrogen-bond acceptors (Lipinski definition) is 4. The zero-order valence-electron chi connectivity index (χ0n) is 14.5. The Morgan fingerprint density at radius 1 is 1.12 bits per heavy atom. The lowest BCUT2D eigenvalue weighted by Gasteiger charge is -2.28. The topological polar surface area (TPSA) is 58.6 Å². The van der Waals surface area contributed by atoms with Crippen LogP contribution >= 0.6 is 0 Å². The monoisotopic (exact) mass is 330 g/mol. The molecule has 1 heterocycles. The lowest BCUT2D eigenvalue weighted by Crippen LogP contribution is -2.45. The fraction of sp³-hybridized carbons (Fsp3) is 0.579. The van der Waals surface area contributed by atoms with Crippen LogP contribution in [0.4, 0.5) is 5.69 Å². The van der Waals surface area contributed by atoms with Crippen LogP contribution in [0.25, 0.3) is 0 Å². The van der Waals surface area contributed by atoms with Crippen LogP contribution in [0.3, 0.4) is 0 Å². The fourth-order valence-corrected chi connectivity index (χ4v) is 3.60. The van der Waals surface area contributed by atoms with E-state index >= 15 is 0 Å². The first-order valence-corrected chi connectivity index (χ1v) is 8.94. The predicted molar refractivity (Wildman–Crippen MR) is 93.1 cm³/mol. The van der Waals surface area contributed by atoms with Gasteiger partial charge in [0.15, 0.2) is 0 Å². The van der Waals surface area contributed by atoms with Gasteiger partial charge in [-0.1, -0.05) is 6.92 Å². The minimum absolute atomic E-state index is 0.133. The molecular formula is C19H26N2O3. The average Bonchev–Trinajstić information content (AvgIpc) is 2.85. The summed E-state index contributed by atoms with van der Waals surface area (Å²) in [6.07, 6.45) is 4.80. The molecule has 5 heteroatoms. The molecule has 2 fully saturated rings. The third kappa shape index (κ3) is 3.61. The highest BCUT2D eigenvalue weighted by atomic mass is 16.5. The number of hydrogen-bond donors (Lipinski definition) is 1. The van der Waals surface area contributed by atoms with Gasteiger partial charge in [0.2, 0.25) is 5.91 Å². The molecule has 5 nitrogen and oxygen atoms in total. The molecular weight excluding hydrogens is 304 g/mol. The highest BCUT2D eigenvalue weighted by Crippen LogP contribution is 2.28. The van der Waals surface area contributed by atoms with E-state index < -0.39 is 0 Å². The number of benzene rings is 1. The van der Waals surface area contributed by atoms with Crippen LogP contribution in [-0.2, 0) is 9.59 Å². The van der Waals surface area contributed by atoms with Crippen molar-refractivity contribution in [3.63, 3.8) is 0 Å². The van der Waals surface area contributed by atoms with Crippen molar-refractivity contribution < 1.29 is 14.3 Å². The lowest BCUT2D eigenvalue weighted by atomic mass is 9.87. The second kappa shape index (κ2) is 7.34. The Morgan fingerprint density at radius 3 is 2.42 bits per heavy atom. The zero-order chi connectivity index (χ0) is 17.1. The van der Waals surface area contributed by atoms with Gasteiger partial charge in [0, 0.05) is 6.04 Å². The summed E-state index contributed by atoms with van der Waals surface area (Å²) in [5.74, 6) is 1.24. The molecule has 1 unspecified atom stereocenters. The van der Waals surface area contributed by atoms with Gasteiger partial charge in [-0.2, -0.15) is 0 Å². The second-order valence-electron chi connectivity index (χ2n) is 6.87. The van der Waals surface area contributed by atoms with Gasteiger partial charge in [0.05, 0.1) is 24.8 Å². The number of ether oxygens (including phenoxy) is 1. The number of nitrogens with zero attached hydrogens (tertiary/aromatic N) is 1. The molecule has 3 rings (SSSR count). The average molecular weight is 330 g/mol. The summed E-state index contributed by atoms with van der Waals surface area (Å²) in [5, 5.41) is 3.41. The van der Waals surface area contributed by atoms with E-state index in [1.807, 2.05) is 6.92 Å². The number of rotatable bonds is 5. The number of anilines is 1. The highest BCUT2D eigenvalue weighted by molar-refractivity contribution is 6.22. The van der Waals surface area contributed by atoms with Crippen LogP contribution in [-0.4, -0.2) is 30.5 Å². The maximum Gasteiger partial charge on any atom is 0.251 e. The van der Waals surface area contributed by atoms with E-state index in [-0.39, 0.29) is 24.3 Å². The van der Waals surface area contributed by atoms with Crippen LogP contribution in [0.1, 0.15) is 46.0 Å². The van der Waals surface area contributed by atoms with Crippen LogP contribution in [0, 0.1) is 5.92 Å². The van der Waals surface area contributed by atoms with Gasteiger partial charge in [-0.25, -0.2) is 4.90 Å². The number of amides is 2. The van der Waals surface area contributed by atoms with Crippen molar-refractivity contribution in [3.05, 3.63) is 24.3 Å². The number of carbonyl (C=O) groups is 2. The molecule has 24 heavy (non-hydrogen) atoms. The molecule has 1 aromatic carbocycles. The second-order valence-corrected chi connectivity index (χ2v) is 6.87. The molecule has 1 aromatic rings. The van der Waals surface area contributed by atoms with Crippen molar-refractivity contribution in [1.29, 1.82) is 0 Å². The Labute approximate surface area is 143 Å². The molecule has 1 saturated heterocycles. The third-order valence-corrected chi connectivity index (χ3v) is 5.01. The van der Waals surface area contributed by atoms with Crippen LogP contribution < -0.4 is 15.0 Å². The molecule has 1 N–H and O–H groups in total.